The van der Waals surface area contributed by atoms with Crippen LogP contribution in [0.2, 0.25) is 0 Å². The number of hydrogen-bond donors (Lipinski definition) is 2. The molecule has 4 nitrogen and oxygen atoms in total. The number of aliphatic hydroxyl groups is 1. The predicted octanol–water partition coefficient (Wildman–Crippen LogP) is 2.70. The van der Waals surface area contributed by atoms with Crippen molar-refractivity contribution in [3.8, 4) is 5.75 Å². The molecule has 0 unspecified atom stereocenters. The molecule has 0 fully saturated rings. The van der Waals surface area contributed by atoms with Crippen molar-refractivity contribution in [2.45, 2.75) is 45.7 Å². The Morgan fingerprint density at radius 1 is 1.30 bits per heavy atom. The molecular formula is C16H28N2O2. The van der Waals surface area contributed by atoms with Gasteiger partial charge in [-0.3, -0.25) is 0 Å². The van der Waals surface area contributed by atoms with Crippen molar-refractivity contribution < 1.29 is 9.84 Å². The van der Waals surface area contributed by atoms with Crippen molar-refractivity contribution >= 4 is 5.69 Å². The van der Waals surface area contributed by atoms with Crippen molar-refractivity contribution in [3.63, 3.8) is 0 Å². The Balaban J connectivity index is 3.31. The fourth-order valence-electron chi connectivity index (χ4n) is 2.76. The minimum absolute atomic E-state index is 0.114. The number of methoxy groups -OCH3 is 1. The fraction of sp³-hybridized carbons (Fsp3) is 0.625. The van der Waals surface area contributed by atoms with Crippen LogP contribution in [-0.2, 0) is 0 Å². The summed E-state index contributed by atoms with van der Waals surface area (Å²) in [6.45, 7) is 7.05. The molecular weight excluding hydrogens is 252 g/mol. The molecule has 0 aliphatic rings. The number of anilines is 1. The van der Waals surface area contributed by atoms with Gasteiger partial charge in [-0.05, 0) is 31.9 Å². The molecule has 1 aromatic carbocycles. The first-order valence-electron chi connectivity index (χ1n) is 7.40. The smallest absolute Gasteiger partial charge is 0.125 e. The summed E-state index contributed by atoms with van der Waals surface area (Å²) >= 11 is 0. The highest BCUT2D eigenvalue weighted by molar-refractivity contribution is 5.61. The highest BCUT2D eigenvalue weighted by Crippen LogP contribution is 2.35. The number of rotatable bonds is 8. The number of benzene rings is 1. The van der Waals surface area contributed by atoms with Gasteiger partial charge >= 0.3 is 0 Å². The van der Waals surface area contributed by atoms with Crippen LogP contribution >= 0.6 is 0 Å². The molecule has 0 heterocycles. The lowest BCUT2D eigenvalue weighted by Crippen LogP contribution is -2.38. The number of ether oxygens (including phenoxy) is 1. The summed E-state index contributed by atoms with van der Waals surface area (Å²) in [7, 11) is 1.67. The molecule has 0 saturated heterocycles. The molecule has 20 heavy (non-hydrogen) atoms. The molecule has 0 aromatic heterocycles. The third kappa shape index (κ3) is 3.64. The molecule has 0 spiro atoms. The molecule has 0 saturated carbocycles. The van der Waals surface area contributed by atoms with Gasteiger partial charge in [-0.1, -0.05) is 19.9 Å². The van der Waals surface area contributed by atoms with Crippen LogP contribution in [0.1, 0.15) is 45.2 Å². The first-order valence-corrected chi connectivity index (χ1v) is 7.40. The molecule has 4 heteroatoms. The van der Waals surface area contributed by atoms with E-state index < -0.39 is 0 Å². The molecule has 1 rings (SSSR count). The van der Waals surface area contributed by atoms with Crippen LogP contribution in [0.3, 0.4) is 0 Å². The van der Waals surface area contributed by atoms with Crippen LogP contribution in [0.4, 0.5) is 5.69 Å². The van der Waals surface area contributed by atoms with Crippen LogP contribution in [0, 0.1) is 0 Å². The van der Waals surface area contributed by atoms with E-state index in [9.17, 15) is 5.11 Å². The maximum Gasteiger partial charge on any atom is 0.125 e. The second kappa shape index (κ2) is 8.12. The minimum Gasteiger partial charge on any atom is -0.496 e. The molecule has 1 aromatic rings. The van der Waals surface area contributed by atoms with E-state index in [1.807, 2.05) is 19.1 Å². The van der Waals surface area contributed by atoms with E-state index in [1.165, 1.54) is 0 Å². The Kier molecular flexibility index (Phi) is 6.82. The van der Waals surface area contributed by atoms with Crippen molar-refractivity contribution in [2.75, 3.05) is 25.2 Å². The Hall–Kier alpha value is -1.26. The van der Waals surface area contributed by atoms with Gasteiger partial charge in [-0.15, -0.1) is 0 Å². The Bertz CT molecular complexity index is 403. The first kappa shape index (κ1) is 16.8. The molecule has 114 valence electrons. The number of aliphatic hydroxyl groups excluding tert-OH is 1. The second-order valence-electron chi connectivity index (χ2n) is 5.07. The summed E-state index contributed by atoms with van der Waals surface area (Å²) in [5.41, 5.74) is 8.22. The average molecular weight is 280 g/mol. The van der Waals surface area contributed by atoms with Gasteiger partial charge in [0.2, 0.25) is 0 Å². The zero-order chi connectivity index (χ0) is 15.1. The maximum absolute atomic E-state index is 9.39. The number of hydrogen-bond acceptors (Lipinski definition) is 4. The Labute approximate surface area is 122 Å². The third-order valence-corrected chi connectivity index (χ3v) is 3.75. The van der Waals surface area contributed by atoms with Gasteiger partial charge in [-0.2, -0.15) is 0 Å². The number of nitrogens with zero attached hydrogens (tertiary/aromatic N) is 1. The SMILES string of the molecule is CCC(CC)N(CCO)c1cccc(OC)c1[C@@H](C)N. The highest BCUT2D eigenvalue weighted by Gasteiger charge is 2.22. The lowest BCUT2D eigenvalue weighted by atomic mass is 10.0. The van der Waals surface area contributed by atoms with Crippen molar-refractivity contribution in [2.24, 2.45) is 5.73 Å². The summed E-state index contributed by atoms with van der Waals surface area (Å²) in [6.07, 6.45) is 2.07. The van der Waals surface area contributed by atoms with Gasteiger partial charge < -0.3 is 20.5 Å². The van der Waals surface area contributed by atoms with Crippen LogP contribution in [0.15, 0.2) is 18.2 Å². The van der Waals surface area contributed by atoms with Crippen molar-refractivity contribution in [3.05, 3.63) is 23.8 Å². The quantitative estimate of drug-likeness (QED) is 0.768. The van der Waals surface area contributed by atoms with Crippen LogP contribution in [0.5, 0.6) is 5.75 Å². The highest BCUT2D eigenvalue weighted by atomic mass is 16.5. The largest absolute Gasteiger partial charge is 0.496 e. The minimum atomic E-state index is -0.114. The van der Waals surface area contributed by atoms with E-state index in [4.69, 9.17) is 10.5 Å². The van der Waals surface area contributed by atoms with E-state index in [0.29, 0.717) is 12.6 Å². The Morgan fingerprint density at radius 2 is 1.95 bits per heavy atom. The molecule has 0 amide bonds. The topological polar surface area (TPSA) is 58.7 Å². The van der Waals surface area contributed by atoms with Gasteiger partial charge in [-0.25, -0.2) is 0 Å². The lowest BCUT2D eigenvalue weighted by Gasteiger charge is -2.35. The second-order valence-corrected chi connectivity index (χ2v) is 5.07. The standard InChI is InChI=1S/C16H28N2O2/c1-5-13(6-2)18(10-11-19)14-8-7-9-15(20-4)16(14)12(3)17/h7-9,12-13,19H,5-6,10-11,17H2,1-4H3/t12-/m1/s1. The third-order valence-electron chi connectivity index (χ3n) is 3.75. The van der Waals surface area contributed by atoms with Crippen LogP contribution < -0.4 is 15.4 Å². The number of nitrogens with two attached hydrogens (primary N) is 1. The van der Waals surface area contributed by atoms with E-state index in [0.717, 1.165) is 29.8 Å². The summed E-state index contributed by atoms with van der Waals surface area (Å²) < 4.78 is 5.45. The zero-order valence-corrected chi connectivity index (χ0v) is 13.1. The summed E-state index contributed by atoms with van der Waals surface area (Å²) in [5, 5.41) is 9.39. The van der Waals surface area contributed by atoms with Gasteiger partial charge in [0.1, 0.15) is 5.75 Å². The normalized spacial score (nSPS) is 12.6. The van der Waals surface area contributed by atoms with E-state index in [2.05, 4.69) is 24.8 Å². The van der Waals surface area contributed by atoms with E-state index in [-0.39, 0.29) is 12.6 Å². The van der Waals surface area contributed by atoms with Crippen molar-refractivity contribution in [1.29, 1.82) is 0 Å². The lowest BCUT2D eigenvalue weighted by molar-refractivity contribution is 0.295. The van der Waals surface area contributed by atoms with Crippen LogP contribution in [-0.4, -0.2) is 31.4 Å². The van der Waals surface area contributed by atoms with Gasteiger partial charge in [0.15, 0.2) is 0 Å². The molecule has 0 aliphatic heterocycles. The Morgan fingerprint density at radius 3 is 2.40 bits per heavy atom. The van der Waals surface area contributed by atoms with Crippen molar-refractivity contribution in [1.82, 2.24) is 0 Å². The first-order chi connectivity index (χ1) is 9.60. The van der Waals surface area contributed by atoms with Gasteiger partial charge in [0.05, 0.1) is 13.7 Å². The maximum atomic E-state index is 9.39. The van der Waals surface area contributed by atoms with E-state index >= 15 is 0 Å². The molecule has 1 atom stereocenters. The van der Waals surface area contributed by atoms with Gasteiger partial charge in [0, 0.05) is 29.9 Å². The molecule has 0 radical (unpaired) electrons. The fourth-order valence-corrected chi connectivity index (χ4v) is 2.76. The molecule has 3 N–H and O–H groups in total. The summed E-state index contributed by atoms with van der Waals surface area (Å²) in [6, 6.07) is 6.26. The molecule has 0 aliphatic carbocycles. The average Bonchev–Trinajstić information content (AvgIpc) is 2.46. The summed E-state index contributed by atoms with van der Waals surface area (Å²) in [4.78, 5) is 2.25. The zero-order valence-electron chi connectivity index (χ0n) is 13.1. The molecule has 0 bridgehead atoms. The van der Waals surface area contributed by atoms with Gasteiger partial charge in [0.25, 0.3) is 0 Å². The summed E-state index contributed by atoms with van der Waals surface area (Å²) in [5.74, 6) is 0.811. The van der Waals surface area contributed by atoms with Crippen LogP contribution in [0.25, 0.3) is 0 Å². The monoisotopic (exact) mass is 280 g/mol. The van der Waals surface area contributed by atoms with E-state index in [1.54, 1.807) is 7.11 Å². The predicted molar refractivity (Wildman–Crippen MR) is 84.4 cm³/mol.